The number of amides is 1. The number of carbonyl (C=O) groups excluding carboxylic acids is 1. The summed E-state index contributed by atoms with van der Waals surface area (Å²) in [4.78, 5) is 18.2. The van der Waals surface area contributed by atoms with Crippen molar-refractivity contribution in [2.45, 2.75) is 52.1 Å². The molecule has 0 aliphatic carbocycles. The highest BCUT2D eigenvalue weighted by Crippen LogP contribution is 2.19. The van der Waals surface area contributed by atoms with Crippen LogP contribution >= 0.6 is 0 Å². The van der Waals surface area contributed by atoms with Gasteiger partial charge in [0.2, 0.25) is 0 Å². The predicted molar refractivity (Wildman–Crippen MR) is 78.7 cm³/mol. The number of pyridine rings is 1. The zero-order valence-electron chi connectivity index (χ0n) is 12.7. The standard InChI is InChI=1S/C16H24N2O2/c1-13-7-8-14(12-17-13)11-16(2,3)20-15(19)18-9-5-4-6-10-18/h7-8,12H,4-6,9-11H2,1-3H3. The molecule has 0 aromatic carbocycles. The Balaban J connectivity index is 1.92. The van der Waals surface area contributed by atoms with Gasteiger partial charge in [0.15, 0.2) is 0 Å². The van der Waals surface area contributed by atoms with Gasteiger partial charge in [-0.3, -0.25) is 4.98 Å². The molecule has 0 bridgehead atoms. The fraction of sp³-hybridized carbons (Fsp3) is 0.625. The van der Waals surface area contributed by atoms with Crippen molar-refractivity contribution < 1.29 is 9.53 Å². The number of rotatable bonds is 3. The number of aromatic nitrogens is 1. The van der Waals surface area contributed by atoms with Crippen LogP contribution in [-0.2, 0) is 11.2 Å². The second kappa shape index (κ2) is 6.25. The van der Waals surface area contributed by atoms with Crippen LogP contribution in [0.4, 0.5) is 4.79 Å². The number of likely N-dealkylation sites (tertiary alicyclic amines) is 1. The number of ether oxygens (including phenoxy) is 1. The minimum atomic E-state index is -0.508. The number of nitrogens with zero attached hydrogens (tertiary/aromatic N) is 2. The lowest BCUT2D eigenvalue weighted by Gasteiger charge is -2.31. The van der Waals surface area contributed by atoms with E-state index in [0.717, 1.165) is 37.2 Å². The molecule has 0 spiro atoms. The van der Waals surface area contributed by atoms with Gasteiger partial charge in [-0.2, -0.15) is 0 Å². The maximum Gasteiger partial charge on any atom is 0.410 e. The van der Waals surface area contributed by atoms with Gasteiger partial charge in [0.1, 0.15) is 5.60 Å². The fourth-order valence-corrected chi connectivity index (χ4v) is 2.51. The molecule has 0 radical (unpaired) electrons. The highest BCUT2D eigenvalue weighted by atomic mass is 16.6. The molecule has 110 valence electrons. The van der Waals surface area contributed by atoms with E-state index < -0.39 is 5.60 Å². The van der Waals surface area contributed by atoms with Crippen molar-refractivity contribution in [2.75, 3.05) is 13.1 Å². The smallest absolute Gasteiger partial charge is 0.410 e. The maximum atomic E-state index is 12.1. The highest BCUT2D eigenvalue weighted by molar-refractivity contribution is 5.68. The van der Waals surface area contributed by atoms with E-state index in [1.165, 1.54) is 6.42 Å². The van der Waals surface area contributed by atoms with E-state index >= 15 is 0 Å². The second-order valence-corrected chi connectivity index (χ2v) is 6.16. The van der Waals surface area contributed by atoms with E-state index in [9.17, 15) is 4.79 Å². The van der Waals surface area contributed by atoms with Crippen LogP contribution in [0.25, 0.3) is 0 Å². The molecule has 1 aromatic heterocycles. The Morgan fingerprint density at radius 1 is 1.30 bits per heavy atom. The van der Waals surface area contributed by atoms with Crippen molar-refractivity contribution >= 4 is 6.09 Å². The van der Waals surface area contributed by atoms with Crippen LogP contribution in [0.5, 0.6) is 0 Å². The summed E-state index contributed by atoms with van der Waals surface area (Å²) in [5.74, 6) is 0. The molecule has 0 saturated carbocycles. The van der Waals surface area contributed by atoms with E-state index in [1.807, 2.05) is 44.0 Å². The summed E-state index contributed by atoms with van der Waals surface area (Å²) in [5, 5.41) is 0. The molecular formula is C16H24N2O2. The molecule has 1 aliphatic rings. The predicted octanol–water partition coefficient (Wildman–Crippen LogP) is 3.33. The average molecular weight is 276 g/mol. The van der Waals surface area contributed by atoms with Gasteiger partial charge in [0.25, 0.3) is 0 Å². The van der Waals surface area contributed by atoms with Gasteiger partial charge in [0.05, 0.1) is 0 Å². The Morgan fingerprint density at radius 2 is 2.00 bits per heavy atom. The largest absolute Gasteiger partial charge is 0.443 e. The minimum absolute atomic E-state index is 0.185. The van der Waals surface area contributed by atoms with Crippen LogP contribution in [0.1, 0.15) is 44.4 Å². The molecule has 2 rings (SSSR count). The summed E-state index contributed by atoms with van der Waals surface area (Å²) in [6.45, 7) is 7.51. The number of aryl methyl sites for hydroxylation is 1. The third kappa shape index (κ3) is 4.22. The summed E-state index contributed by atoms with van der Waals surface area (Å²) < 4.78 is 5.67. The van der Waals surface area contributed by atoms with E-state index in [2.05, 4.69) is 4.98 Å². The summed E-state index contributed by atoms with van der Waals surface area (Å²) in [6, 6.07) is 4.02. The Bertz CT molecular complexity index is 448. The van der Waals surface area contributed by atoms with Crippen molar-refractivity contribution in [1.29, 1.82) is 0 Å². The highest BCUT2D eigenvalue weighted by Gasteiger charge is 2.27. The van der Waals surface area contributed by atoms with Crippen molar-refractivity contribution in [2.24, 2.45) is 0 Å². The number of piperidine rings is 1. The van der Waals surface area contributed by atoms with Crippen molar-refractivity contribution in [3.63, 3.8) is 0 Å². The van der Waals surface area contributed by atoms with Crippen LogP contribution in [-0.4, -0.2) is 34.7 Å². The molecule has 0 N–H and O–H groups in total. The molecule has 1 fully saturated rings. The van der Waals surface area contributed by atoms with Crippen LogP contribution in [0.15, 0.2) is 18.3 Å². The monoisotopic (exact) mass is 276 g/mol. The fourth-order valence-electron chi connectivity index (χ4n) is 2.51. The third-order valence-corrected chi connectivity index (χ3v) is 3.58. The van der Waals surface area contributed by atoms with Crippen LogP contribution in [0.3, 0.4) is 0 Å². The first-order valence-corrected chi connectivity index (χ1v) is 7.36. The van der Waals surface area contributed by atoms with Crippen LogP contribution in [0.2, 0.25) is 0 Å². The summed E-state index contributed by atoms with van der Waals surface area (Å²) in [7, 11) is 0. The first-order chi connectivity index (χ1) is 9.46. The quantitative estimate of drug-likeness (QED) is 0.850. The van der Waals surface area contributed by atoms with Gasteiger partial charge in [0, 0.05) is 31.4 Å². The lowest BCUT2D eigenvalue weighted by Crippen LogP contribution is -2.41. The summed E-state index contributed by atoms with van der Waals surface area (Å²) in [5.41, 5.74) is 1.58. The normalized spacial score (nSPS) is 16.1. The first-order valence-electron chi connectivity index (χ1n) is 7.36. The Kier molecular flexibility index (Phi) is 4.63. The SMILES string of the molecule is Cc1ccc(CC(C)(C)OC(=O)N2CCCCC2)cn1. The van der Waals surface area contributed by atoms with Gasteiger partial charge in [-0.15, -0.1) is 0 Å². The molecule has 2 heterocycles. The molecule has 1 saturated heterocycles. The summed E-state index contributed by atoms with van der Waals surface area (Å²) >= 11 is 0. The van der Waals surface area contributed by atoms with Crippen LogP contribution < -0.4 is 0 Å². The van der Waals surface area contributed by atoms with E-state index in [-0.39, 0.29) is 6.09 Å². The lowest BCUT2D eigenvalue weighted by molar-refractivity contribution is 0.0108. The lowest BCUT2D eigenvalue weighted by atomic mass is 9.99. The number of carbonyl (C=O) groups is 1. The zero-order valence-corrected chi connectivity index (χ0v) is 12.7. The van der Waals surface area contributed by atoms with Crippen molar-refractivity contribution in [1.82, 2.24) is 9.88 Å². The molecular weight excluding hydrogens is 252 g/mol. The van der Waals surface area contributed by atoms with Gasteiger partial charge in [-0.05, 0) is 51.7 Å². The second-order valence-electron chi connectivity index (χ2n) is 6.16. The van der Waals surface area contributed by atoms with Gasteiger partial charge in [-0.1, -0.05) is 6.07 Å². The first kappa shape index (κ1) is 14.8. The van der Waals surface area contributed by atoms with Gasteiger partial charge < -0.3 is 9.64 Å². The number of hydrogen-bond donors (Lipinski definition) is 0. The third-order valence-electron chi connectivity index (χ3n) is 3.58. The van der Waals surface area contributed by atoms with Gasteiger partial charge >= 0.3 is 6.09 Å². The molecule has 20 heavy (non-hydrogen) atoms. The van der Waals surface area contributed by atoms with E-state index in [1.54, 1.807) is 0 Å². The molecule has 1 aromatic rings. The average Bonchev–Trinajstić information content (AvgIpc) is 2.41. The molecule has 1 aliphatic heterocycles. The van der Waals surface area contributed by atoms with Crippen LogP contribution in [0, 0.1) is 6.92 Å². The van der Waals surface area contributed by atoms with E-state index in [0.29, 0.717) is 6.42 Å². The van der Waals surface area contributed by atoms with Crippen molar-refractivity contribution in [3.8, 4) is 0 Å². The summed E-state index contributed by atoms with van der Waals surface area (Å²) in [6.07, 6.45) is 5.72. The molecule has 1 amide bonds. The topological polar surface area (TPSA) is 42.4 Å². The van der Waals surface area contributed by atoms with Crippen molar-refractivity contribution in [3.05, 3.63) is 29.6 Å². The molecule has 0 unspecified atom stereocenters. The van der Waals surface area contributed by atoms with E-state index in [4.69, 9.17) is 4.74 Å². The Morgan fingerprint density at radius 3 is 2.60 bits per heavy atom. The zero-order chi connectivity index (χ0) is 14.6. The molecule has 4 heteroatoms. The minimum Gasteiger partial charge on any atom is -0.443 e. The van der Waals surface area contributed by atoms with Gasteiger partial charge in [-0.25, -0.2) is 4.79 Å². The number of hydrogen-bond acceptors (Lipinski definition) is 3. The molecule has 4 nitrogen and oxygen atoms in total. The Hall–Kier alpha value is -1.58. The Labute approximate surface area is 121 Å². The molecule has 0 atom stereocenters. The maximum absolute atomic E-state index is 12.1.